The molecule has 1 heterocycles. The first-order valence-electron chi connectivity index (χ1n) is 6.06. The van der Waals surface area contributed by atoms with Crippen LogP contribution in [-0.4, -0.2) is 35.0 Å². The van der Waals surface area contributed by atoms with Crippen LogP contribution in [0.5, 0.6) is 0 Å². The Balaban J connectivity index is 2.09. The van der Waals surface area contributed by atoms with Gasteiger partial charge in [-0.1, -0.05) is 15.9 Å². The van der Waals surface area contributed by atoms with Crippen molar-refractivity contribution < 1.29 is 14.7 Å². The molecule has 0 bridgehead atoms. The first-order chi connectivity index (χ1) is 8.99. The zero-order valence-electron chi connectivity index (χ0n) is 10.3. The summed E-state index contributed by atoms with van der Waals surface area (Å²) in [6.45, 7) is 0.920. The molecule has 6 heteroatoms. The van der Waals surface area contributed by atoms with Crippen LogP contribution in [0.2, 0.25) is 0 Å². The lowest BCUT2D eigenvalue weighted by atomic mass is 9.96. The maximum absolute atomic E-state index is 12.3. The number of carbonyl (C=O) groups excluding carboxylic acids is 1. The Kier molecular flexibility index (Phi) is 4.09. The number of halogens is 1. The van der Waals surface area contributed by atoms with E-state index in [-0.39, 0.29) is 11.8 Å². The van der Waals surface area contributed by atoms with Gasteiger partial charge >= 0.3 is 5.97 Å². The molecule has 1 amide bonds. The van der Waals surface area contributed by atoms with Gasteiger partial charge in [-0.3, -0.25) is 9.59 Å². The molecule has 1 aromatic rings. The molecule has 0 atom stereocenters. The van der Waals surface area contributed by atoms with Crippen molar-refractivity contribution in [3.63, 3.8) is 0 Å². The van der Waals surface area contributed by atoms with Gasteiger partial charge in [0.1, 0.15) is 0 Å². The zero-order valence-corrected chi connectivity index (χ0v) is 11.9. The summed E-state index contributed by atoms with van der Waals surface area (Å²) in [5.41, 5.74) is 6.71. The lowest BCUT2D eigenvalue weighted by Crippen LogP contribution is -2.40. The fourth-order valence-electron chi connectivity index (χ4n) is 2.21. The molecule has 0 aromatic heterocycles. The average Bonchev–Trinajstić information content (AvgIpc) is 2.41. The number of carboxylic acid groups (broad SMARTS) is 1. The third-order valence-corrected chi connectivity index (χ3v) is 3.87. The molecule has 0 unspecified atom stereocenters. The molecule has 5 nitrogen and oxygen atoms in total. The zero-order chi connectivity index (χ0) is 14.0. The number of nitrogens with zero attached hydrogens (tertiary/aromatic N) is 1. The lowest BCUT2D eigenvalue weighted by molar-refractivity contribution is -0.143. The molecule has 1 aliphatic rings. The number of anilines is 1. The van der Waals surface area contributed by atoms with E-state index < -0.39 is 5.97 Å². The number of hydrogen-bond donors (Lipinski definition) is 2. The number of piperidine rings is 1. The van der Waals surface area contributed by atoms with E-state index in [2.05, 4.69) is 15.9 Å². The third kappa shape index (κ3) is 3.07. The first-order valence-corrected chi connectivity index (χ1v) is 6.85. The number of amides is 1. The van der Waals surface area contributed by atoms with E-state index in [4.69, 9.17) is 10.8 Å². The maximum Gasteiger partial charge on any atom is 0.306 e. The highest BCUT2D eigenvalue weighted by molar-refractivity contribution is 9.10. The summed E-state index contributed by atoms with van der Waals surface area (Å²) in [6.07, 6.45) is 0.990. The minimum atomic E-state index is -0.783. The summed E-state index contributed by atoms with van der Waals surface area (Å²) in [4.78, 5) is 24.9. The molecule has 1 aliphatic heterocycles. The number of aliphatic carboxylic acids is 1. The molecule has 0 spiro atoms. The fourth-order valence-corrected chi connectivity index (χ4v) is 2.57. The SMILES string of the molecule is Nc1ccc(Br)cc1C(=O)N1CCC(C(=O)O)CC1. The van der Waals surface area contributed by atoms with Crippen LogP contribution in [0, 0.1) is 5.92 Å². The Labute approximate surface area is 119 Å². The van der Waals surface area contributed by atoms with E-state index in [9.17, 15) is 9.59 Å². The Bertz CT molecular complexity index is 511. The Hall–Kier alpha value is -1.56. The fraction of sp³-hybridized carbons (Fsp3) is 0.385. The van der Waals surface area contributed by atoms with Crippen molar-refractivity contribution in [3.8, 4) is 0 Å². The highest BCUT2D eigenvalue weighted by Gasteiger charge is 2.28. The van der Waals surface area contributed by atoms with Crippen LogP contribution < -0.4 is 5.73 Å². The highest BCUT2D eigenvalue weighted by Crippen LogP contribution is 2.23. The predicted octanol–water partition coefficient (Wildman–Crippen LogP) is 1.97. The molecule has 3 N–H and O–H groups in total. The molecular weight excluding hydrogens is 312 g/mol. The normalized spacial score (nSPS) is 16.4. The van der Waals surface area contributed by atoms with Gasteiger partial charge in [-0.15, -0.1) is 0 Å². The van der Waals surface area contributed by atoms with Crippen molar-refractivity contribution >= 4 is 33.5 Å². The number of benzene rings is 1. The molecule has 19 heavy (non-hydrogen) atoms. The van der Waals surface area contributed by atoms with Gasteiger partial charge in [0.05, 0.1) is 11.5 Å². The standard InChI is InChI=1S/C13H15BrN2O3/c14-9-1-2-11(15)10(7-9)12(17)16-5-3-8(4-6-16)13(18)19/h1-2,7-8H,3-6,15H2,(H,18,19). The summed E-state index contributed by atoms with van der Waals surface area (Å²) in [7, 11) is 0. The number of rotatable bonds is 2. The maximum atomic E-state index is 12.3. The van der Waals surface area contributed by atoms with E-state index in [0.717, 1.165) is 4.47 Å². The Morgan fingerprint density at radius 3 is 2.53 bits per heavy atom. The summed E-state index contributed by atoms with van der Waals surface area (Å²) in [5.74, 6) is -1.26. The average molecular weight is 327 g/mol. The van der Waals surface area contributed by atoms with Gasteiger partial charge in [-0.25, -0.2) is 0 Å². The Morgan fingerprint density at radius 2 is 1.95 bits per heavy atom. The Morgan fingerprint density at radius 1 is 1.32 bits per heavy atom. The minimum Gasteiger partial charge on any atom is -0.481 e. The number of hydrogen-bond acceptors (Lipinski definition) is 3. The lowest BCUT2D eigenvalue weighted by Gasteiger charge is -2.30. The molecule has 1 aromatic carbocycles. The van der Waals surface area contributed by atoms with Gasteiger partial charge in [0, 0.05) is 23.2 Å². The largest absolute Gasteiger partial charge is 0.481 e. The van der Waals surface area contributed by atoms with Crippen LogP contribution >= 0.6 is 15.9 Å². The molecule has 1 saturated heterocycles. The highest BCUT2D eigenvalue weighted by atomic mass is 79.9. The summed E-state index contributed by atoms with van der Waals surface area (Å²) in [6, 6.07) is 5.16. The molecule has 2 rings (SSSR count). The van der Waals surface area contributed by atoms with E-state index in [0.29, 0.717) is 37.2 Å². The van der Waals surface area contributed by atoms with Crippen molar-refractivity contribution in [3.05, 3.63) is 28.2 Å². The molecule has 0 aliphatic carbocycles. The monoisotopic (exact) mass is 326 g/mol. The second-order valence-electron chi connectivity index (χ2n) is 4.64. The van der Waals surface area contributed by atoms with E-state index in [1.807, 2.05) is 0 Å². The second kappa shape index (κ2) is 5.61. The van der Waals surface area contributed by atoms with Crippen molar-refractivity contribution in [1.29, 1.82) is 0 Å². The first kappa shape index (κ1) is 13.9. The van der Waals surface area contributed by atoms with Crippen LogP contribution in [0.1, 0.15) is 23.2 Å². The van der Waals surface area contributed by atoms with E-state index in [1.165, 1.54) is 0 Å². The van der Waals surface area contributed by atoms with Gasteiger partial charge in [-0.05, 0) is 31.0 Å². The third-order valence-electron chi connectivity index (χ3n) is 3.38. The van der Waals surface area contributed by atoms with Crippen LogP contribution in [0.3, 0.4) is 0 Å². The minimum absolute atomic E-state index is 0.136. The van der Waals surface area contributed by atoms with Crippen LogP contribution in [0.25, 0.3) is 0 Å². The summed E-state index contributed by atoms with van der Waals surface area (Å²) >= 11 is 3.31. The number of nitrogen functional groups attached to an aromatic ring is 1. The molecule has 102 valence electrons. The van der Waals surface area contributed by atoms with Crippen LogP contribution in [-0.2, 0) is 4.79 Å². The van der Waals surface area contributed by atoms with E-state index in [1.54, 1.807) is 23.1 Å². The molecule has 1 fully saturated rings. The van der Waals surface area contributed by atoms with Crippen molar-refractivity contribution in [2.45, 2.75) is 12.8 Å². The second-order valence-corrected chi connectivity index (χ2v) is 5.55. The summed E-state index contributed by atoms with van der Waals surface area (Å²) in [5, 5.41) is 8.93. The number of nitrogens with two attached hydrogens (primary N) is 1. The number of carbonyl (C=O) groups is 2. The summed E-state index contributed by atoms with van der Waals surface area (Å²) < 4.78 is 0.797. The molecular formula is C13H15BrN2O3. The van der Waals surface area contributed by atoms with Gasteiger partial charge in [0.25, 0.3) is 5.91 Å². The van der Waals surface area contributed by atoms with Gasteiger partial charge in [0.15, 0.2) is 0 Å². The van der Waals surface area contributed by atoms with Gasteiger partial charge in [-0.2, -0.15) is 0 Å². The topological polar surface area (TPSA) is 83.6 Å². The smallest absolute Gasteiger partial charge is 0.306 e. The molecule has 0 radical (unpaired) electrons. The van der Waals surface area contributed by atoms with E-state index >= 15 is 0 Å². The number of likely N-dealkylation sites (tertiary alicyclic amines) is 1. The molecule has 0 saturated carbocycles. The quantitative estimate of drug-likeness (QED) is 0.814. The van der Waals surface area contributed by atoms with Crippen molar-refractivity contribution in [1.82, 2.24) is 4.90 Å². The van der Waals surface area contributed by atoms with Gasteiger partial charge < -0.3 is 15.7 Å². The van der Waals surface area contributed by atoms with Gasteiger partial charge in [0.2, 0.25) is 0 Å². The predicted molar refractivity (Wildman–Crippen MR) is 74.8 cm³/mol. The van der Waals surface area contributed by atoms with Crippen LogP contribution in [0.15, 0.2) is 22.7 Å². The van der Waals surface area contributed by atoms with Crippen LogP contribution in [0.4, 0.5) is 5.69 Å². The van der Waals surface area contributed by atoms with Crippen molar-refractivity contribution in [2.24, 2.45) is 5.92 Å². The number of carboxylic acids is 1. The van der Waals surface area contributed by atoms with Crippen molar-refractivity contribution in [2.75, 3.05) is 18.8 Å².